The van der Waals surface area contributed by atoms with Crippen LogP contribution in [0.25, 0.3) is 0 Å². The molecule has 1 N–H and O–H groups in total. The molecule has 0 aliphatic rings. The first-order valence-electron chi connectivity index (χ1n) is 8.32. The summed E-state index contributed by atoms with van der Waals surface area (Å²) in [5, 5.41) is 17.4. The smallest absolute Gasteiger partial charge is 0.338 e. The number of carbonyl (C=O) groups is 1. The zero-order chi connectivity index (χ0) is 18.1. The van der Waals surface area contributed by atoms with E-state index < -0.39 is 0 Å². The summed E-state index contributed by atoms with van der Waals surface area (Å²) >= 11 is 0. The molecule has 0 aromatic heterocycles. The van der Waals surface area contributed by atoms with Gasteiger partial charge in [-0.3, -0.25) is 0 Å². The lowest BCUT2D eigenvalue weighted by Gasteiger charge is -2.17. The summed E-state index contributed by atoms with van der Waals surface area (Å²) in [6, 6.07) is 13.2. The largest absolute Gasteiger partial charge is 0.508 e. The molecule has 0 spiro atoms. The van der Waals surface area contributed by atoms with Crippen LogP contribution >= 0.6 is 12.4 Å². The van der Waals surface area contributed by atoms with E-state index in [1.165, 1.54) is 0 Å². The van der Waals surface area contributed by atoms with Gasteiger partial charge in [0, 0.05) is 6.54 Å². The first-order valence-corrected chi connectivity index (χ1v) is 8.32. The molecule has 0 heterocycles. The van der Waals surface area contributed by atoms with Gasteiger partial charge in [0.2, 0.25) is 0 Å². The molecule has 0 bridgehead atoms. The molecule has 2 aromatic rings. The van der Waals surface area contributed by atoms with E-state index in [0.29, 0.717) is 23.5 Å². The van der Waals surface area contributed by atoms with Crippen LogP contribution in [0.3, 0.4) is 0 Å². The molecule has 0 amide bonds. The Bertz CT molecular complexity index is 699. The third-order valence-electron chi connectivity index (χ3n) is 3.77. The zero-order valence-electron chi connectivity index (χ0n) is 15.0. The van der Waals surface area contributed by atoms with Crippen molar-refractivity contribution in [3.63, 3.8) is 0 Å². The summed E-state index contributed by atoms with van der Waals surface area (Å²) in [6.45, 7) is 7.15. The topological polar surface area (TPSA) is 74.5 Å². The number of nitrogens with zero attached hydrogens (tertiary/aromatic N) is 3. The van der Waals surface area contributed by atoms with E-state index in [9.17, 15) is 9.90 Å². The van der Waals surface area contributed by atoms with E-state index in [4.69, 9.17) is 4.74 Å². The molecule has 2 rings (SSSR count). The number of likely N-dealkylation sites (N-methyl/N-ethyl adjacent to an activating group) is 1. The van der Waals surface area contributed by atoms with Gasteiger partial charge >= 0.3 is 5.97 Å². The third-order valence-corrected chi connectivity index (χ3v) is 3.77. The van der Waals surface area contributed by atoms with Crippen LogP contribution in [0.1, 0.15) is 24.2 Å². The summed E-state index contributed by atoms with van der Waals surface area (Å²) < 4.78 is 5.28. The average molecular weight is 378 g/mol. The van der Waals surface area contributed by atoms with Crippen LogP contribution in [0, 0.1) is 0 Å². The Labute approximate surface area is 159 Å². The van der Waals surface area contributed by atoms with Gasteiger partial charge in [-0.1, -0.05) is 13.8 Å². The minimum Gasteiger partial charge on any atom is -0.508 e. The van der Waals surface area contributed by atoms with Gasteiger partial charge in [0.25, 0.3) is 0 Å². The van der Waals surface area contributed by atoms with Crippen LogP contribution in [0.5, 0.6) is 5.75 Å². The second-order valence-corrected chi connectivity index (χ2v) is 5.43. The number of rotatable bonds is 8. The molecule has 0 saturated heterocycles. The molecule has 7 heteroatoms. The minimum atomic E-state index is -0.339. The molecule has 0 fully saturated rings. The van der Waals surface area contributed by atoms with E-state index in [-0.39, 0.29) is 24.1 Å². The highest BCUT2D eigenvalue weighted by Gasteiger charge is 2.08. The van der Waals surface area contributed by atoms with Crippen LogP contribution in [0.2, 0.25) is 0 Å². The molecule has 2 aromatic carbocycles. The number of hydrogen-bond acceptors (Lipinski definition) is 6. The van der Waals surface area contributed by atoms with Gasteiger partial charge in [0.05, 0.1) is 16.9 Å². The van der Waals surface area contributed by atoms with Gasteiger partial charge in [-0.25, -0.2) is 4.79 Å². The van der Waals surface area contributed by atoms with Crippen LogP contribution in [-0.4, -0.2) is 42.2 Å². The first-order chi connectivity index (χ1) is 12.1. The third kappa shape index (κ3) is 6.82. The van der Waals surface area contributed by atoms with Gasteiger partial charge in [-0.15, -0.1) is 12.4 Å². The normalized spacial score (nSPS) is 10.7. The minimum absolute atomic E-state index is 0. The molecule has 0 aliphatic carbocycles. The monoisotopic (exact) mass is 377 g/mol. The van der Waals surface area contributed by atoms with Crippen LogP contribution in [0.4, 0.5) is 11.4 Å². The fraction of sp³-hybridized carbons (Fsp3) is 0.316. The predicted octanol–water partition coefficient (Wildman–Crippen LogP) is 4.73. The maximum Gasteiger partial charge on any atom is 0.338 e. The van der Waals surface area contributed by atoms with Crippen LogP contribution < -0.4 is 0 Å². The van der Waals surface area contributed by atoms with Crippen molar-refractivity contribution in [2.75, 3.05) is 26.2 Å². The summed E-state index contributed by atoms with van der Waals surface area (Å²) in [4.78, 5) is 14.2. The molecular formula is C19H24ClN3O3. The molecule has 0 unspecified atom stereocenters. The molecule has 0 atom stereocenters. The second-order valence-electron chi connectivity index (χ2n) is 5.43. The fourth-order valence-electron chi connectivity index (χ4n) is 2.19. The maximum atomic E-state index is 12.0. The molecule has 6 nitrogen and oxygen atoms in total. The highest BCUT2D eigenvalue weighted by molar-refractivity contribution is 5.89. The quantitative estimate of drug-likeness (QED) is 0.533. The van der Waals surface area contributed by atoms with Crippen LogP contribution in [-0.2, 0) is 4.74 Å². The van der Waals surface area contributed by atoms with Gasteiger partial charge in [0.1, 0.15) is 12.4 Å². The van der Waals surface area contributed by atoms with Crippen molar-refractivity contribution < 1.29 is 14.6 Å². The number of phenols is 1. The molecule has 0 radical (unpaired) electrons. The lowest BCUT2D eigenvalue weighted by atomic mass is 10.2. The fourth-order valence-corrected chi connectivity index (χ4v) is 2.19. The molecule has 0 aliphatic heterocycles. The number of phenolic OH excluding ortho intramolecular Hbond substituents is 1. The number of hydrogen-bond donors (Lipinski definition) is 1. The first kappa shape index (κ1) is 21.6. The Kier molecular flexibility index (Phi) is 9.33. The summed E-state index contributed by atoms with van der Waals surface area (Å²) in [6.07, 6.45) is 0. The van der Waals surface area contributed by atoms with Gasteiger partial charge < -0.3 is 14.7 Å². The van der Waals surface area contributed by atoms with Crippen molar-refractivity contribution in [3.8, 4) is 5.75 Å². The number of benzene rings is 2. The number of azo groups is 1. The Morgan fingerprint density at radius 2 is 1.46 bits per heavy atom. The Morgan fingerprint density at radius 1 is 0.962 bits per heavy atom. The van der Waals surface area contributed by atoms with E-state index >= 15 is 0 Å². The number of esters is 1. The van der Waals surface area contributed by atoms with Crippen molar-refractivity contribution in [2.24, 2.45) is 10.2 Å². The predicted molar refractivity (Wildman–Crippen MR) is 104 cm³/mol. The number of aromatic hydroxyl groups is 1. The number of carbonyl (C=O) groups excluding carboxylic acids is 1. The lowest BCUT2D eigenvalue weighted by molar-refractivity contribution is 0.0466. The Balaban J connectivity index is 0.00000338. The van der Waals surface area contributed by atoms with Crippen molar-refractivity contribution in [1.29, 1.82) is 0 Å². The maximum absolute atomic E-state index is 12.0. The van der Waals surface area contributed by atoms with E-state index in [2.05, 4.69) is 29.0 Å². The van der Waals surface area contributed by atoms with Crippen molar-refractivity contribution in [3.05, 3.63) is 54.1 Å². The standard InChI is InChI=1S/C19H23N3O3.ClH/c1-3-22(4-2)13-14-25-19(24)15-5-7-16(8-6-15)20-21-17-9-11-18(23)12-10-17;/h5-12,23H,3-4,13-14H2,1-2H3;1H. The average Bonchev–Trinajstić information content (AvgIpc) is 2.65. The van der Waals surface area contributed by atoms with Gasteiger partial charge in [0.15, 0.2) is 0 Å². The Hall–Kier alpha value is -2.44. The Morgan fingerprint density at radius 3 is 1.96 bits per heavy atom. The summed E-state index contributed by atoms with van der Waals surface area (Å²) in [5.41, 5.74) is 1.76. The second kappa shape index (κ2) is 11.2. The summed E-state index contributed by atoms with van der Waals surface area (Å²) in [5.74, 6) is -0.156. The number of ether oxygens (including phenoxy) is 1. The van der Waals surface area contributed by atoms with Crippen molar-refractivity contribution in [1.82, 2.24) is 4.90 Å². The highest BCUT2D eigenvalue weighted by atomic mass is 35.5. The van der Waals surface area contributed by atoms with E-state index in [1.54, 1.807) is 48.5 Å². The van der Waals surface area contributed by atoms with Gasteiger partial charge in [-0.05, 0) is 61.6 Å². The van der Waals surface area contributed by atoms with Crippen molar-refractivity contribution in [2.45, 2.75) is 13.8 Å². The lowest BCUT2D eigenvalue weighted by Crippen LogP contribution is -2.27. The molecule has 26 heavy (non-hydrogen) atoms. The zero-order valence-corrected chi connectivity index (χ0v) is 15.8. The molecule has 0 saturated carbocycles. The van der Waals surface area contributed by atoms with Crippen LogP contribution in [0.15, 0.2) is 58.8 Å². The van der Waals surface area contributed by atoms with Gasteiger partial charge in [-0.2, -0.15) is 10.2 Å². The SMILES string of the molecule is CCN(CC)CCOC(=O)c1ccc(N=Nc2ccc(O)cc2)cc1.Cl. The number of halogens is 1. The molecular weight excluding hydrogens is 354 g/mol. The van der Waals surface area contributed by atoms with Crippen molar-refractivity contribution >= 4 is 29.8 Å². The highest BCUT2D eigenvalue weighted by Crippen LogP contribution is 2.21. The van der Waals surface area contributed by atoms with E-state index in [0.717, 1.165) is 19.6 Å². The molecule has 140 valence electrons. The summed E-state index contributed by atoms with van der Waals surface area (Å²) in [7, 11) is 0. The van der Waals surface area contributed by atoms with E-state index in [1.807, 2.05) is 0 Å².